The molecule has 0 spiro atoms. The van der Waals surface area contributed by atoms with Gasteiger partial charge in [-0.25, -0.2) is 0 Å². The molecule has 0 radical (unpaired) electrons. The van der Waals surface area contributed by atoms with Gasteiger partial charge in [0, 0.05) is 12.1 Å². The summed E-state index contributed by atoms with van der Waals surface area (Å²) in [6.45, 7) is 0. The number of methoxy groups -OCH3 is 2. The van der Waals surface area contributed by atoms with Gasteiger partial charge in [-0.1, -0.05) is 0 Å². The smallest absolute Gasteiger partial charge is 0.229 e. The quantitative estimate of drug-likeness (QED) is 0.770. The molecule has 0 aromatic carbocycles. The molecule has 3 N–H and O–H groups in total. The van der Waals surface area contributed by atoms with Crippen LogP contribution in [0.3, 0.4) is 0 Å². The van der Waals surface area contributed by atoms with Crippen LogP contribution in [0.15, 0.2) is 6.07 Å². The average molecular weight is 224 g/mol. The highest BCUT2D eigenvalue weighted by Crippen LogP contribution is 2.23. The van der Waals surface area contributed by atoms with E-state index in [9.17, 15) is 0 Å². The predicted octanol–water partition coefficient (Wildman–Crippen LogP) is 0.395. The van der Waals surface area contributed by atoms with Gasteiger partial charge in [-0.15, -0.1) is 0 Å². The SMILES string of the molecule is COc1cc(OC)nc(NC2CC(N)C2)n1. The Bertz CT molecular complexity index is 344. The number of nitrogens with two attached hydrogens (primary N) is 1. The summed E-state index contributed by atoms with van der Waals surface area (Å²) in [5, 5.41) is 3.20. The lowest BCUT2D eigenvalue weighted by atomic mass is 9.88. The number of rotatable bonds is 4. The second kappa shape index (κ2) is 4.52. The normalized spacial score (nSPS) is 23.4. The minimum absolute atomic E-state index is 0.296. The fourth-order valence-corrected chi connectivity index (χ4v) is 1.64. The van der Waals surface area contributed by atoms with Crippen molar-refractivity contribution in [2.24, 2.45) is 5.73 Å². The molecule has 0 unspecified atom stereocenters. The Morgan fingerprint density at radius 1 is 1.25 bits per heavy atom. The van der Waals surface area contributed by atoms with Gasteiger partial charge in [0.15, 0.2) is 0 Å². The summed E-state index contributed by atoms with van der Waals surface area (Å²) in [5.74, 6) is 1.49. The summed E-state index contributed by atoms with van der Waals surface area (Å²) in [7, 11) is 3.12. The summed E-state index contributed by atoms with van der Waals surface area (Å²) in [6.07, 6.45) is 1.89. The molecule has 1 saturated carbocycles. The Hall–Kier alpha value is -1.56. The number of hydrogen-bond acceptors (Lipinski definition) is 6. The molecule has 1 aromatic heterocycles. The molecule has 88 valence electrons. The van der Waals surface area contributed by atoms with E-state index in [0.717, 1.165) is 12.8 Å². The summed E-state index contributed by atoms with van der Waals surface area (Å²) in [5.41, 5.74) is 5.70. The van der Waals surface area contributed by atoms with E-state index < -0.39 is 0 Å². The van der Waals surface area contributed by atoms with Gasteiger partial charge in [-0.3, -0.25) is 0 Å². The molecule has 0 amide bonds. The second-order valence-electron chi connectivity index (χ2n) is 3.85. The Morgan fingerprint density at radius 3 is 2.25 bits per heavy atom. The van der Waals surface area contributed by atoms with Crippen molar-refractivity contribution in [1.82, 2.24) is 9.97 Å². The highest BCUT2D eigenvalue weighted by atomic mass is 16.5. The Labute approximate surface area is 94.2 Å². The van der Waals surface area contributed by atoms with Crippen LogP contribution >= 0.6 is 0 Å². The van der Waals surface area contributed by atoms with Gasteiger partial charge < -0.3 is 20.5 Å². The molecule has 6 nitrogen and oxygen atoms in total. The molecule has 1 aliphatic rings. The standard InChI is InChI=1S/C10H16N4O2/c1-15-8-5-9(16-2)14-10(13-8)12-7-3-6(11)4-7/h5-7H,3-4,11H2,1-2H3,(H,12,13,14). The van der Waals surface area contributed by atoms with Crippen LogP contribution < -0.4 is 20.5 Å². The van der Waals surface area contributed by atoms with Gasteiger partial charge in [0.05, 0.1) is 20.3 Å². The lowest BCUT2D eigenvalue weighted by molar-refractivity contribution is 0.361. The van der Waals surface area contributed by atoms with E-state index in [4.69, 9.17) is 15.2 Å². The third kappa shape index (κ3) is 2.33. The van der Waals surface area contributed by atoms with Crippen molar-refractivity contribution in [3.63, 3.8) is 0 Å². The molecule has 1 aromatic rings. The first-order valence-corrected chi connectivity index (χ1v) is 5.20. The number of hydrogen-bond donors (Lipinski definition) is 2. The van der Waals surface area contributed by atoms with Crippen LogP contribution in [0.25, 0.3) is 0 Å². The van der Waals surface area contributed by atoms with Crippen LogP contribution in [0, 0.1) is 0 Å². The second-order valence-corrected chi connectivity index (χ2v) is 3.85. The number of nitrogens with one attached hydrogen (secondary N) is 1. The van der Waals surface area contributed by atoms with E-state index in [1.807, 2.05) is 0 Å². The van der Waals surface area contributed by atoms with Gasteiger partial charge in [0.2, 0.25) is 17.7 Å². The maximum atomic E-state index is 5.70. The summed E-state index contributed by atoms with van der Waals surface area (Å²) in [4.78, 5) is 8.36. The summed E-state index contributed by atoms with van der Waals surface area (Å²) in [6, 6.07) is 2.29. The van der Waals surface area contributed by atoms with Crippen molar-refractivity contribution >= 4 is 5.95 Å². The highest BCUT2D eigenvalue weighted by molar-refractivity contribution is 5.35. The third-order valence-corrected chi connectivity index (χ3v) is 2.61. The van der Waals surface area contributed by atoms with Crippen LogP contribution in [-0.4, -0.2) is 36.3 Å². The van der Waals surface area contributed by atoms with Crippen LogP contribution in [0.5, 0.6) is 11.8 Å². The van der Waals surface area contributed by atoms with E-state index in [1.54, 1.807) is 20.3 Å². The van der Waals surface area contributed by atoms with Crippen LogP contribution in [-0.2, 0) is 0 Å². The molecule has 1 fully saturated rings. The number of anilines is 1. The average Bonchev–Trinajstić information content (AvgIpc) is 2.26. The van der Waals surface area contributed by atoms with Crippen molar-refractivity contribution in [3.8, 4) is 11.8 Å². The topological polar surface area (TPSA) is 82.3 Å². The fourth-order valence-electron chi connectivity index (χ4n) is 1.64. The molecule has 0 saturated heterocycles. The molecule has 16 heavy (non-hydrogen) atoms. The number of nitrogens with zero attached hydrogens (tertiary/aromatic N) is 2. The lowest BCUT2D eigenvalue weighted by Gasteiger charge is -2.32. The maximum absolute atomic E-state index is 5.70. The molecule has 1 aliphatic carbocycles. The minimum Gasteiger partial charge on any atom is -0.481 e. The van der Waals surface area contributed by atoms with Crippen molar-refractivity contribution in [1.29, 1.82) is 0 Å². The highest BCUT2D eigenvalue weighted by Gasteiger charge is 2.26. The molecule has 2 rings (SSSR count). The number of ether oxygens (including phenoxy) is 2. The van der Waals surface area contributed by atoms with Crippen LogP contribution in [0.2, 0.25) is 0 Å². The zero-order chi connectivity index (χ0) is 11.5. The Kier molecular flexibility index (Phi) is 3.09. The van der Waals surface area contributed by atoms with Gasteiger partial charge in [-0.05, 0) is 12.8 Å². The third-order valence-electron chi connectivity index (χ3n) is 2.61. The monoisotopic (exact) mass is 224 g/mol. The van der Waals surface area contributed by atoms with Crippen molar-refractivity contribution in [3.05, 3.63) is 6.07 Å². The van der Waals surface area contributed by atoms with E-state index in [-0.39, 0.29) is 0 Å². The first kappa shape index (κ1) is 10.9. The van der Waals surface area contributed by atoms with E-state index in [2.05, 4.69) is 15.3 Å². The molecule has 0 aliphatic heterocycles. The molecule has 0 bridgehead atoms. The van der Waals surface area contributed by atoms with Crippen molar-refractivity contribution in [2.45, 2.75) is 24.9 Å². The van der Waals surface area contributed by atoms with Gasteiger partial charge in [-0.2, -0.15) is 9.97 Å². The van der Waals surface area contributed by atoms with E-state index in [0.29, 0.717) is 29.8 Å². The summed E-state index contributed by atoms with van der Waals surface area (Å²) >= 11 is 0. The van der Waals surface area contributed by atoms with Crippen LogP contribution in [0.1, 0.15) is 12.8 Å². The Morgan fingerprint density at radius 2 is 1.81 bits per heavy atom. The molecule has 1 heterocycles. The molecular formula is C10H16N4O2. The van der Waals surface area contributed by atoms with Gasteiger partial charge >= 0.3 is 0 Å². The number of aromatic nitrogens is 2. The molecule has 6 heteroatoms. The zero-order valence-electron chi connectivity index (χ0n) is 9.43. The van der Waals surface area contributed by atoms with Crippen molar-refractivity contribution < 1.29 is 9.47 Å². The maximum Gasteiger partial charge on any atom is 0.229 e. The van der Waals surface area contributed by atoms with Crippen LogP contribution in [0.4, 0.5) is 5.95 Å². The minimum atomic E-state index is 0.296. The largest absolute Gasteiger partial charge is 0.481 e. The van der Waals surface area contributed by atoms with E-state index >= 15 is 0 Å². The first-order chi connectivity index (χ1) is 7.71. The Balaban J connectivity index is 2.07. The zero-order valence-corrected chi connectivity index (χ0v) is 9.43. The van der Waals surface area contributed by atoms with Gasteiger partial charge in [0.1, 0.15) is 0 Å². The molecule has 0 atom stereocenters. The summed E-state index contributed by atoms with van der Waals surface area (Å²) < 4.78 is 10.1. The predicted molar refractivity (Wildman–Crippen MR) is 59.8 cm³/mol. The first-order valence-electron chi connectivity index (χ1n) is 5.20. The fraction of sp³-hybridized carbons (Fsp3) is 0.600. The van der Waals surface area contributed by atoms with Gasteiger partial charge in [0.25, 0.3) is 0 Å². The lowest BCUT2D eigenvalue weighted by Crippen LogP contribution is -2.44. The molecular weight excluding hydrogens is 208 g/mol. The van der Waals surface area contributed by atoms with E-state index in [1.165, 1.54) is 0 Å². The van der Waals surface area contributed by atoms with Crippen molar-refractivity contribution in [2.75, 3.05) is 19.5 Å².